The number of aliphatic hydroxyl groups is 1. The molecule has 1 atom stereocenters. The molecule has 0 aromatic heterocycles. The van der Waals surface area contributed by atoms with Crippen LogP contribution in [0.4, 0.5) is 5.69 Å². The number of carbonyl (C=O) groups is 1. The van der Waals surface area contributed by atoms with E-state index in [1.165, 1.54) is 0 Å². The van der Waals surface area contributed by atoms with Gasteiger partial charge in [-0.2, -0.15) is 10.1 Å². The van der Waals surface area contributed by atoms with Crippen LogP contribution in [0.3, 0.4) is 0 Å². The molecule has 0 bridgehead atoms. The lowest BCUT2D eigenvalue weighted by Gasteiger charge is -2.31. The summed E-state index contributed by atoms with van der Waals surface area (Å²) >= 11 is 0. The summed E-state index contributed by atoms with van der Waals surface area (Å²) in [5.41, 5.74) is 6.37. The Kier molecular flexibility index (Phi) is 4.46. The van der Waals surface area contributed by atoms with E-state index in [1.54, 1.807) is 55.6 Å². The summed E-state index contributed by atoms with van der Waals surface area (Å²) in [5, 5.41) is 16.8. The summed E-state index contributed by atoms with van der Waals surface area (Å²) in [4.78, 5) is 13.0. The molecule has 0 fully saturated rings. The van der Waals surface area contributed by atoms with Gasteiger partial charge in [-0.3, -0.25) is 4.79 Å². The Morgan fingerprint density at radius 2 is 1.96 bits per heavy atom. The molecule has 3 N–H and O–H groups in total. The zero-order valence-corrected chi connectivity index (χ0v) is 14.3. The minimum atomic E-state index is -1.54. The minimum Gasteiger partial charge on any atom is -0.497 e. The van der Waals surface area contributed by atoms with Gasteiger partial charge in [-0.05, 0) is 30.7 Å². The van der Waals surface area contributed by atoms with Gasteiger partial charge in [-0.25, -0.2) is 0 Å². The third-order valence-electron chi connectivity index (χ3n) is 4.39. The van der Waals surface area contributed by atoms with Gasteiger partial charge in [-0.15, -0.1) is 0 Å². The fourth-order valence-corrected chi connectivity index (χ4v) is 2.92. The van der Waals surface area contributed by atoms with Crippen molar-refractivity contribution in [2.24, 2.45) is 5.10 Å². The second kappa shape index (κ2) is 6.57. The first-order valence-electron chi connectivity index (χ1n) is 8.12. The molecular formula is C19H21N3O3. The number of nitrogens with two attached hydrogens (primary N) is 1. The maximum Gasteiger partial charge on any atom is 0.279 e. The van der Waals surface area contributed by atoms with E-state index in [0.29, 0.717) is 29.0 Å². The Bertz CT molecular complexity index is 817. The van der Waals surface area contributed by atoms with Gasteiger partial charge >= 0.3 is 0 Å². The number of hydrogen-bond donors (Lipinski definition) is 2. The molecule has 0 saturated carbocycles. The maximum absolute atomic E-state index is 13.0. The molecule has 25 heavy (non-hydrogen) atoms. The van der Waals surface area contributed by atoms with Crippen LogP contribution in [-0.2, 0) is 5.72 Å². The number of nitrogen functional groups attached to an aromatic ring is 1. The predicted molar refractivity (Wildman–Crippen MR) is 96.3 cm³/mol. The molecule has 0 aliphatic carbocycles. The number of hydrogen-bond acceptors (Lipinski definition) is 5. The van der Waals surface area contributed by atoms with Crippen molar-refractivity contribution in [1.82, 2.24) is 5.01 Å². The molecule has 6 nitrogen and oxygen atoms in total. The third-order valence-corrected chi connectivity index (χ3v) is 4.39. The summed E-state index contributed by atoms with van der Waals surface area (Å²) in [7, 11) is 1.57. The zero-order valence-electron chi connectivity index (χ0n) is 14.3. The first-order valence-corrected chi connectivity index (χ1v) is 8.12. The fraction of sp³-hybridized carbons (Fsp3) is 0.263. The lowest BCUT2D eigenvalue weighted by molar-refractivity contribution is -0.0765. The highest BCUT2D eigenvalue weighted by Gasteiger charge is 2.46. The van der Waals surface area contributed by atoms with Crippen molar-refractivity contribution in [3.05, 3.63) is 59.7 Å². The molecule has 1 heterocycles. The first-order chi connectivity index (χ1) is 12.0. The Morgan fingerprint density at radius 1 is 1.28 bits per heavy atom. The van der Waals surface area contributed by atoms with Crippen LogP contribution in [0.2, 0.25) is 0 Å². The van der Waals surface area contributed by atoms with Crippen molar-refractivity contribution >= 4 is 17.3 Å². The number of benzene rings is 2. The van der Waals surface area contributed by atoms with E-state index in [2.05, 4.69) is 5.10 Å². The maximum atomic E-state index is 13.0. The third kappa shape index (κ3) is 2.96. The van der Waals surface area contributed by atoms with Gasteiger partial charge in [0.1, 0.15) is 5.75 Å². The van der Waals surface area contributed by atoms with E-state index < -0.39 is 11.6 Å². The van der Waals surface area contributed by atoms with Gasteiger partial charge in [0.25, 0.3) is 5.91 Å². The highest BCUT2D eigenvalue weighted by Crippen LogP contribution is 2.38. The van der Waals surface area contributed by atoms with Crippen molar-refractivity contribution in [3.8, 4) is 5.75 Å². The number of amides is 1. The monoisotopic (exact) mass is 339 g/mol. The van der Waals surface area contributed by atoms with Gasteiger partial charge in [0, 0.05) is 23.4 Å². The molecule has 6 heteroatoms. The van der Waals surface area contributed by atoms with Gasteiger partial charge in [0.05, 0.1) is 12.7 Å². The van der Waals surface area contributed by atoms with Crippen LogP contribution in [0.25, 0.3) is 0 Å². The van der Waals surface area contributed by atoms with E-state index in [4.69, 9.17) is 10.5 Å². The Balaban J connectivity index is 2.03. The van der Waals surface area contributed by atoms with E-state index in [9.17, 15) is 9.90 Å². The van der Waals surface area contributed by atoms with Crippen LogP contribution < -0.4 is 10.5 Å². The van der Waals surface area contributed by atoms with E-state index in [0.717, 1.165) is 10.7 Å². The fourth-order valence-electron chi connectivity index (χ4n) is 2.92. The molecule has 2 aromatic rings. The normalized spacial score (nSPS) is 19.6. The van der Waals surface area contributed by atoms with Crippen molar-refractivity contribution in [3.63, 3.8) is 0 Å². The number of ether oxygens (including phenoxy) is 1. The topological polar surface area (TPSA) is 88.2 Å². The van der Waals surface area contributed by atoms with Crippen LogP contribution >= 0.6 is 0 Å². The van der Waals surface area contributed by atoms with Crippen LogP contribution in [0.5, 0.6) is 5.75 Å². The molecule has 0 spiro atoms. The minimum absolute atomic E-state index is 0.258. The number of rotatable bonds is 4. The largest absolute Gasteiger partial charge is 0.497 e. The predicted octanol–water partition coefficient (Wildman–Crippen LogP) is 2.73. The second-order valence-electron chi connectivity index (χ2n) is 5.95. The number of carbonyl (C=O) groups excluding carboxylic acids is 1. The second-order valence-corrected chi connectivity index (χ2v) is 5.95. The molecule has 1 aliphatic rings. The molecular weight excluding hydrogens is 318 g/mol. The number of nitrogens with zero attached hydrogens (tertiary/aromatic N) is 2. The van der Waals surface area contributed by atoms with Gasteiger partial charge in [-0.1, -0.05) is 31.2 Å². The van der Waals surface area contributed by atoms with Crippen molar-refractivity contribution < 1.29 is 14.6 Å². The molecule has 3 rings (SSSR count). The summed E-state index contributed by atoms with van der Waals surface area (Å²) in [6.45, 7) is 1.94. The summed E-state index contributed by atoms with van der Waals surface area (Å²) in [5.74, 6) is 0.243. The molecule has 2 aromatic carbocycles. The average molecular weight is 339 g/mol. The van der Waals surface area contributed by atoms with Crippen LogP contribution in [0, 0.1) is 0 Å². The van der Waals surface area contributed by atoms with Crippen molar-refractivity contribution in [1.29, 1.82) is 0 Å². The van der Waals surface area contributed by atoms with Crippen LogP contribution in [-0.4, -0.2) is 28.8 Å². The average Bonchev–Trinajstić information content (AvgIpc) is 3.00. The molecule has 130 valence electrons. The zero-order chi connectivity index (χ0) is 18.0. The SMILES string of the molecule is CCC1=NN(C(=O)c2ccccc2N)[C@@](O)(c2ccc(OC)cc2)C1. The van der Waals surface area contributed by atoms with Gasteiger partial charge < -0.3 is 15.6 Å². The lowest BCUT2D eigenvalue weighted by Crippen LogP contribution is -2.43. The number of para-hydroxylation sites is 1. The molecule has 1 aliphatic heterocycles. The molecule has 1 amide bonds. The summed E-state index contributed by atoms with van der Waals surface area (Å²) in [6, 6.07) is 13.7. The highest BCUT2D eigenvalue weighted by atomic mass is 16.5. The summed E-state index contributed by atoms with van der Waals surface area (Å²) in [6.07, 6.45) is 0.904. The standard InChI is InChI=1S/C19H21N3O3/c1-3-14-12-19(24,13-8-10-15(25-2)11-9-13)22(21-14)18(23)16-6-4-5-7-17(16)20/h4-11,24H,3,12,20H2,1-2H3/t19-/m0/s1. The number of methoxy groups -OCH3 is 1. The van der Waals surface area contributed by atoms with Crippen molar-refractivity contribution in [2.75, 3.05) is 12.8 Å². The molecule has 0 saturated heterocycles. The Hall–Kier alpha value is -2.86. The highest BCUT2D eigenvalue weighted by molar-refractivity contribution is 6.01. The lowest BCUT2D eigenvalue weighted by atomic mass is 9.96. The quantitative estimate of drug-likeness (QED) is 0.838. The Morgan fingerprint density at radius 3 is 2.56 bits per heavy atom. The number of anilines is 1. The van der Waals surface area contributed by atoms with Gasteiger partial charge in [0.2, 0.25) is 0 Å². The molecule has 0 unspecified atom stereocenters. The summed E-state index contributed by atoms with van der Waals surface area (Å²) < 4.78 is 5.16. The van der Waals surface area contributed by atoms with Crippen molar-refractivity contribution in [2.45, 2.75) is 25.5 Å². The Labute approximate surface area is 146 Å². The van der Waals surface area contributed by atoms with E-state index in [1.807, 2.05) is 6.92 Å². The number of hydrazone groups is 1. The smallest absolute Gasteiger partial charge is 0.279 e. The first kappa shape index (κ1) is 17.0. The molecule has 0 radical (unpaired) electrons. The van der Waals surface area contributed by atoms with Gasteiger partial charge in [0.15, 0.2) is 5.72 Å². The van der Waals surface area contributed by atoms with Crippen LogP contribution in [0.15, 0.2) is 53.6 Å². The van der Waals surface area contributed by atoms with E-state index >= 15 is 0 Å². The van der Waals surface area contributed by atoms with E-state index in [-0.39, 0.29) is 6.42 Å². The van der Waals surface area contributed by atoms with Crippen LogP contribution in [0.1, 0.15) is 35.7 Å².